The van der Waals surface area contributed by atoms with E-state index in [9.17, 15) is 0 Å². The summed E-state index contributed by atoms with van der Waals surface area (Å²) in [6, 6.07) is 7.30. The summed E-state index contributed by atoms with van der Waals surface area (Å²) in [4.78, 5) is 14.7. The van der Waals surface area contributed by atoms with E-state index in [4.69, 9.17) is 27.9 Å². The van der Waals surface area contributed by atoms with Crippen molar-refractivity contribution in [1.82, 2.24) is 15.0 Å². The van der Waals surface area contributed by atoms with Crippen LogP contribution in [0.25, 0.3) is 0 Å². The molecule has 0 atom stereocenters. The van der Waals surface area contributed by atoms with Crippen LogP contribution >= 0.6 is 23.2 Å². The Balaban J connectivity index is 1.83. The molecule has 8 heteroatoms. The molecule has 0 unspecified atom stereocenters. The third-order valence-electron chi connectivity index (χ3n) is 2.97. The fraction of sp³-hybridized carbons (Fsp3) is 0.308. The Morgan fingerprint density at radius 2 is 1.90 bits per heavy atom. The molecule has 0 spiro atoms. The quantitative estimate of drug-likeness (QED) is 0.936. The lowest BCUT2D eigenvalue weighted by Crippen LogP contribution is -2.37. The highest BCUT2D eigenvalue weighted by molar-refractivity contribution is 6.30. The molecule has 1 aromatic carbocycles. The van der Waals surface area contributed by atoms with Crippen LogP contribution in [0, 0.1) is 0 Å². The molecule has 2 heterocycles. The fourth-order valence-corrected chi connectivity index (χ4v) is 2.34. The van der Waals surface area contributed by atoms with Crippen molar-refractivity contribution in [3.8, 4) is 0 Å². The molecule has 1 aliphatic heterocycles. The third kappa shape index (κ3) is 3.72. The first-order valence-electron chi connectivity index (χ1n) is 6.47. The van der Waals surface area contributed by atoms with Gasteiger partial charge in [0.2, 0.25) is 17.2 Å². The molecule has 0 bridgehead atoms. The molecule has 6 nitrogen and oxygen atoms in total. The lowest BCUT2D eigenvalue weighted by molar-refractivity contribution is 0.122. The van der Waals surface area contributed by atoms with Crippen LogP contribution in [0.15, 0.2) is 24.3 Å². The van der Waals surface area contributed by atoms with E-state index in [1.807, 2.05) is 17.0 Å². The number of anilines is 3. The Kier molecular flexibility index (Phi) is 4.38. The van der Waals surface area contributed by atoms with Gasteiger partial charge in [0.1, 0.15) is 0 Å². The van der Waals surface area contributed by atoms with E-state index in [0.717, 1.165) is 18.8 Å². The summed E-state index contributed by atoms with van der Waals surface area (Å²) in [5, 5.41) is 3.86. The molecule has 3 rings (SSSR count). The SMILES string of the molecule is Clc1cccc(Nc2nc(Cl)nc(N3CCOCC3)n2)c1. The summed E-state index contributed by atoms with van der Waals surface area (Å²) in [7, 11) is 0. The van der Waals surface area contributed by atoms with Crippen molar-refractivity contribution in [2.24, 2.45) is 0 Å². The van der Waals surface area contributed by atoms with Crippen molar-refractivity contribution in [3.05, 3.63) is 34.6 Å². The summed E-state index contributed by atoms with van der Waals surface area (Å²) in [6.07, 6.45) is 0. The minimum atomic E-state index is 0.149. The summed E-state index contributed by atoms with van der Waals surface area (Å²) < 4.78 is 5.31. The van der Waals surface area contributed by atoms with Gasteiger partial charge in [0.15, 0.2) is 0 Å². The van der Waals surface area contributed by atoms with Crippen LogP contribution in [0.5, 0.6) is 0 Å². The molecule has 21 heavy (non-hydrogen) atoms. The standard InChI is InChI=1S/C13H13Cl2N5O/c14-9-2-1-3-10(8-9)16-12-17-11(15)18-13(19-12)20-4-6-21-7-5-20/h1-3,8H,4-7H2,(H,16,17,18,19). The fourth-order valence-electron chi connectivity index (χ4n) is 2.00. The van der Waals surface area contributed by atoms with Crippen molar-refractivity contribution in [3.63, 3.8) is 0 Å². The first-order chi connectivity index (χ1) is 10.2. The van der Waals surface area contributed by atoms with Gasteiger partial charge >= 0.3 is 0 Å². The van der Waals surface area contributed by atoms with Gasteiger partial charge < -0.3 is 15.0 Å². The maximum atomic E-state index is 5.98. The van der Waals surface area contributed by atoms with E-state index in [1.54, 1.807) is 12.1 Å². The highest BCUT2D eigenvalue weighted by Crippen LogP contribution is 2.20. The van der Waals surface area contributed by atoms with Gasteiger partial charge in [0.05, 0.1) is 13.2 Å². The number of ether oxygens (including phenoxy) is 1. The smallest absolute Gasteiger partial charge is 0.233 e. The molecule has 2 aromatic rings. The zero-order valence-corrected chi connectivity index (χ0v) is 12.6. The van der Waals surface area contributed by atoms with Gasteiger partial charge in [-0.3, -0.25) is 0 Å². The van der Waals surface area contributed by atoms with E-state index < -0.39 is 0 Å². The van der Waals surface area contributed by atoms with Gasteiger partial charge in [-0.2, -0.15) is 15.0 Å². The van der Waals surface area contributed by atoms with Crippen LogP contribution in [0.4, 0.5) is 17.6 Å². The number of nitrogens with zero attached hydrogens (tertiary/aromatic N) is 4. The molecular weight excluding hydrogens is 313 g/mol. The van der Waals surface area contributed by atoms with Crippen molar-refractivity contribution in [1.29, 1.82) is 0 Å². The Labute approximate surface area is 132 Å². The summed E-state index contributed by atoms with van der Waals surface area (Å²) in [5.41, 5.74) is 0.790. The highest BCUT2D eigenvalue weighted by Gasteiger charge is 2.16. The van der Waals surface area contributed by atoms with Crippen LogP contribution in [0.3, 0.4) is 0 Å². The second-order valence-corrected chi connectivity index (χ2v) is 5.24. The van der Waals surface area contributed by atoms with Crippen molar-refractivity contribution >= 4 is 40.8 Å². The third-order valence-corrected chi connectivity index (χ3v) is 3.38. The van der Waals surface area contributed by atoms with Crippen molar-refractivity contribution in [2.75, 3.05) is 36.5 Å². The maximum absolute atomic E-state index is 5.98. The first kappa shape index (κ1) is 14.3. The number of hydrogen-bond acceptors (Lipinski definition) is 6. The second kappa shape index (κ2) is 6.43. The molecule has 1 saturated heterocycles. The normalized spacial score (nSPS) is 15.0. The monoisotopic (exact) mass is 325 g/mol. The predicted octanol–water partition coefficient (Wildman–Crippen LogP) is 2.76. The maximum Gasteiger partial charge on any atom is 0.233 e. The van der Waals surface area contributed by atoms with Crippen LogP contribution in [-0.4, -0.2) is 41.3 Å². The molecule has 1 aliphatic rings. The number of benzene rings is 1. The molecule has 1 fully saturated rings. The van der Waals surface area contributed by atoms with Crippen LogP contribution < -0.4 is 10.2 Å². The molecule has 0 radical (unpaired) electrons. The van der Waals surface area contributed by atoms with Crippen molar-refractivity contribution in [2.45, 2.75) is 0 Å². The topological polar surface area (TPSA) is 63.2 Å². The molecule has 0 saturated carbocycles. The van der Waals surface area contributed by atoms with Gasteiger partial charge in [-0.05, 0) is 29.8 Å². The summed E-state index contributed by atoms with van der Waals surface area (Å²) >= 11 is 11.9. The van der Waals surface area contributed by atoms with Crippen LogP contribution in [0.1, 0.15) is 0 Å². The molecule has 0 amide bonds. The molecular formula is C13H13Cl2N5O. The van der Waals surface area contributed by atoms with Gasteiger partial charge in [-0.1, -0.05) is 17.7 Å². The van der Waals surface area contributed by atoms with Gasteiger partial charge in [0, 0.05) is 23.8 Å². The van der Waals surface area contributed by atoms with Crippen molar-refractivity contribution < 1.29 is 4.74 Å². The zero-order valence-electron chi connectivity index (χ0n) is 11.1. The Morgan fingerprint density at radius 3 is 2.67 bits per heavy atom. The molecule has 0 aliphatic carbocycles. The van der Waals surface area contributed by atoms with E-state index in [-0.39, 0.29) is 5.28 Å². The summed E-state index contributed by atoms with van der Waals surface area (Å²) in [5.74, 6) is 0.932. The average Bonchev–Trinajstić information content (AvgIpc) is 2.47. The van der Waals surface area contributed by atoms with Gasteiger partial charge in [-0.15, -0.1) is 0 Å². The Hall–Kier alpha value is -1.63. The number of aromatic nitrogens is 3. The predicted molar refractivity (Wildman–Crippen MR) is 82.6 cm³/mol. The van der Waals surface area contributed by atoms with E-state index >= 15 is 0 Å². The number of rotatable bonds is 3. The van der Waals surface area contributed by atoms with Gasteiger partial charge in [-0.25, -0.2) is 0 Å². The Morgan fingerprint density at radius 1 is 1.10 bits per heavy atom. The van der Waals surface area contributed by atoms with Crippen LogP contribution in [-0.2, 0) is 4.74 Å². The van der Waals surface area contributed by atoms with Crippen LogP contribution in [0.2, 0.25) is 10.3 Å². The lowest BCUT2D eigenvalue weighted by atomic mass is 10.3. The molecule has 1 N–H and O–H groups in total. The molecule has 1 aromatic heterocycles. The minimum Gasteiger partial charge on any atom is -0.378 e. The minimum absolute atomic E-state index is 0.149. The second-order valence-electron chi connectivity index (χ2n) is 4.46. The Bertz CT molecular complexity index is 634. The highest BCUT2D eigenvalue weighted by atomic mass is 35.5. The lowest BCUT2D eigenvalue weighted by Gasteiger charge is -2.26. The number of hydrogen-bond donors (Lipinski definition) is 1. The van der Waals surface area contributed by atoms with E-state index in [2.05, 4.69) is 20.3 Å². The number of morpholine rings is 1. The average molecular weight is 326 g/mol. The first-order valence-corrected chi connectivity index (χ1v) is 7.23. The van der Waals surface area contributed by atoms with E-state index in [0.29, 0.717) is 30.1 Å². The number of nitrogens with one attached hydrogen (secondary N) is 1. The number of halogens is 2. The zero-order chi connectivity index (χ0) is 14.7. The summed E-state index contributed by atoms with van der Waals surface area (Å²) in [6.45, 7) is 2.77. The molecule has 110 valence electrons. The largest absolute Gasteiger partial charge is 0.378 e. The van der Waals surface area contributed by atoms with E-state index in [1.165, 1.54) is 0 Å². The van der Waals surface area contributed by atoms with Gasteiger partial charge in [0.25, 0.3) is 0 Å².